The molecule has 0 aliphatic carbocycles. The summed E-state index contributed by atoms with van der Waals surface area (Å²) in [7, 11) is 2.23. The van der Waals surface area contributed by atoms with E-state index in [2.05, 4.69) is 51.8 Å². The highest BCUT2D eigenvalue weighted by atomic mass is 127. The van der Waals surface area contributed by atoms with E-state index in [1.54, 1.807) is 0 Å². The first-order valence-corrected chi connectivity index (χ1v) is 6.61. The summed E-state index contributed by atoms with van der Waals surface area (Å²) >= 11 is 2.44. The second kappa shape index (κ2) is 5.66. The molecule has 1 rings (SSSR count). The van der Waals surface area contributed by atoms with Gasteiger partial charge in [-0.1, -0.05) is 13.8 Å². The molecular formula is C11H23IN2. The molecule has 0 amide bonds. The Hall–Kier alpha value is 0.650. The van der Waals surface area contributed by atoms with Gasteiger partial charge in [0.05, 0.1) is 0 Å². The Balaban J connectivity index is 2.28. The van der Waals surface area contributed by atoms with Gasteiger partial charge in [-0.2, -0.15) is 0 Å². The fraction of sp³-hybridized carbons (Fsp3) is 1.00. The molecule has 2 nitrogen and oxygen atoms in total. The molecule has 1 fully saturated rings. The maximum atomic E-state index is 2.46. The molecule has 0 spiro atoms. The minimum Gasteiger partial charge on any atom is -0.306 e. The predicted molar refractivity (Wildman–Crippen MR) is 70.7 cm³/mol. The Morgan fingerprint density at radius 3 is 2.43 bits per heavy atom. The average molecular weight is 310 g/mol. The van der Waals surface area contributed by atoms with Crippen LogP contribution in [0.1, 0.15) is 33.1 Å². The molecular weight excluding hydrogens is 287 g/mol. The zero-order valence-electron chi connectivity index (χ0n) is 9.72. The van der Waals surface area contributed by atoms with Gasteiger partial charge in [0, 0.05) is 36.0 Å². The van der Waals surface area contributed by atoms with Gasteiger partial charge in [-0.25, -0.2) is 3.11 Å². The van der Waals surface area contributed by atoms with Crippen LogP contribution in [0, 0.1) is 5.41 Å². The van der Waals surface area contributed by atoms with Gasteiger partial charge in [-0.15, -0.1) is 0 Å². The standard InChI is InChI=1S/C11H23IN2/c1-4-14(12)10-7-11(2)5-8-13(3)9-6-11/h4-10H2,1-3H3. The minimum atomic E-state index is 0.602. The van der Waals surface area contributed by atoms with Crippen molar-refractivity contribution in [2.75, 3.05) is 33.2 Å². The van der Waals surface area contributed by atoms with Crippen molar-refractivity contribution in [2.24, 2.45) is 5.41 Å². The summed E-state index contributed by atoms with van der Waals surface area (Å²) in [5.74, 6) is 0. The van der Waals surface area contributed by atoms with Gasteiger partial charge in [0.2, 0.25) is 0 Å². The van der Waals surface area contributed by atoms with Crippen LogP contribution in [-0.4, -0.2) is 41.2 Å². The van der Waals surface area contributed by atoms with Gasteiger partial charge in [0.1, 0.15) is 0 Å². The highest BCUT2D eigenvalue weighted by Gasteiger charge is 2.28. The molecule has 0 radical (unpaired) electrons. The van der Waals surface area contributed by atoms with Crippen molar-refractivity contribution in [2.45, 2.75) is 33.1 Å². The molecule has 0 N–H and O–H groups in total. The fourth-order valence-electron chi connectivity index (χ4n) is 1.96. The van der Waals surface area contributed by atoms with Crippen LogP contribution in [0.25, 0.3) is 0 Å². The first kappa shape index (κ1) is 12.7. The lowest BCUT2D eigenvalue weighted by atomic mass is 9.78. The van der Waals surface area contributed by atoms with Crippen LogP contribution in [0.3, 0.4) is 0 Å². The van der Waals surface area contributed by atoms with Crippen LogP contribution in [0.15, 0.2) is 0 Å². The number of halogens is 1. The summed E-state index contributed by atoms with van der Waals surface area (Å²) in [5.41, 5.74) is 0.602. The smallest absolute Gasteiger partial charge is 0.0201 e. The average Bonchev–Trinajstić information content (AvgIpc) is 2.20. The number of rotatable bonds is 4. The molecule has 0 unspecified atom stereocenters. The molecule has 0 atom stereocenters. The summed E-state index contributed by atoms with van der Waals surface area (Å²) < 4.78 is 2.39. The molecule has 0 bridgehead atoms. The molecule has 0 aromatic heterocycles. The van der Waals surface area contributed by atoms with Crippen molar-refractivity contribution in [3.8, 4) is 0 Å². The van der Waals surface area contributed by atoms with Crippen molar-refractivity contribution in [3.63, 3.8) is 0 Å². The van der Waals surface area contributed by atoms with Crippen molar-refractivity contribution < 1.29 is 0 Å². The summed E-state index contributed by atoms with van der Waals surface area (Å²) in [5, 5.41) is 0. The maximum absolute atomic E-state index is 2.46. The monoisotopic (exact) mass is 310 g/mol. The van der Waals surface area contributed by atoms with E-state index in [4.69, 9.17) is 0 Å². The third kappa shape index (κ3) is 4.03. The second-order valence-corrected chi connectivity index (χ2v) is 6.23. The summed E-state index contributed by atoms with van der Waals surface area (Å²) in [6.45, 7) is 9.66. The Labute approximate surface area is 103 Å². The van der Waals surface area contributed by atoms with Gasteiger partial charge in [-0.3, -0.25) is 0 Å². The number of piperidine rings is 1. The van der Waals surface area contributed by atoms with Gasteiger partial charge in [-0.05, 0) is 44.8 Å². The topological polar surface area (TPSA) is 6.48 Å². The highest BCUT2D eigenvalue weighted by Crippen LogP contribution is 2.34. The van der Waals surface area contributed by atoms with E-state index >= 15 is 0 Å². The maximum Gasteiger partial charge on any atom is 0.0201 e. The van der Waals surface area contributed by atoms with Crippen LogP contribution in [0.2, 0.25) is 0 Å². The fourth-order valence-corrected chi connectivity index (χ4v) is 2.20. The normalized spacial score (nSPS) is 22.9. The highest BCUT2D eigenvalue weighted by molar-refractivity contribution is 14.1. The Bertz CT molecular complexity index is 165. The molecule has 3 heteroatoms. The number of hydrogen-bond donors (Lipinski definition) is 0. The van der Waals surface area contributed by atoms with Crippen LogP contribution in [-0.2, 0) is 0 Å². The van der Waals surface area contributed by atoms with Crippen molar-refractivity contribution in [1.82, 2.24) is 8.01 Å². The second-order valence-electron chi connectivity index (χ2n) is 4.87. The first-order chi connectivity index (χ1) is 6.56. The Kier molecular flexibility index (Phi) is 5.14. The zero-order valence-corrected chi connectivity index (χ0v) is 11.9. The van der Waals surface area contributed by atoms with E-state index in [9.17, 15) is 0 Å². The quantitative estimate of drug-likeness (QED) is 0.582. The summed E-state index contributed by atoms with van der Waals surface area (Å²) in [6.07, 6.45) is 4.10. The molecule has 0 aromatic rings. The van der Waals surface area contributed by atoms with E-state index in [-0.39, 0.29) is 0 Å². The van der Waals surface area contributed by atoms with Gasteiger partial charge >= 0.3 is 0 Å². The third-order valence-electron chi connectivity index (χ3n) is 3.50. The van der Waals surface area contributed by atoms with Crippen LogP contribution in [0.4, 0.5) is 0 Å². The third-order valence-corrected chi connectivity index (χ3v) is 4.66. The summed E-state index contributed by atoms with van der Waals surface area (Å²) in [4.78, 5) is 2.45. The van der Waals surface area contributed by atoms with Crippen molar-refractivity contribution in [3.05, 3.63) is 0 Å². The molecule has 0 saturated carbocycles. The molecule has 0 aromatic carbocycles. The zero-order chi connectivity index (χ0) is 10.6. The molecule has 1 aliphatic rings. The first-order valence-electron chi connectivity index (χ1n) is 5.65. The van der Waals surface area contributed by atoms with Crippen LogP contribution < -0.4 is 0 Å². The van der Waals surface area contributed by atoms with Gasteiger partial charge in [0.15, 0.2) is 0 Å². The lowest BCUT2D eigenvalue weighted by molar-refractivity contribution is 0.126. The van der Waals surface area contributed by atoms with Crippen molar-refractivity contribution >= 4 is 22.9 Å². The Morgan fingerprint density at radius 1 is 1.36 bits per heavy atom. The van der Waals surface area contributed by atoms with Crippen LogP contribution >= 0.6 is 22.9 Å². The van der Waals surface area contributed by atoms with E-state index in [1.807, 2.05) is 0 Å². The van der Waals surface area contributed by atoms with E-state index in [0.717, 1.165) is 6.54 Å². The SMILES string of the molecule is CCN(I)CCC1(C)CCN(C)CC1. The van der Waals surface area contributed by atoms with Crippen LogP contribution in [0.5, 0.6) is 0 Å². The van der Waals surface area contributed by atoms with E-state index in [0.29, 0.717) is 5.41 Å². The van der Waals surface area contributed by atoms with E-state index < -0.39 is 0 Å². The van der Waals surface area contributed by atoms with E-state index in [1.165, 1.54) is 38.9 Å². The molecule has 84 valence electrons. The molecule has 14 heavy (non-hydrogen) atoms. The number of nitrogens with zero attached hydrogens (tertiary/aromatic N) is 2. The number of hydrogen-bond acceptors (Lipinski definition) is 2. The predicted octanol–water partition coefficient (Wildman–Crippen LogP) is 2.78. The lowest BCUT2D eigenvalue weighted by Gasteiger charge is -2.38. The lowest BCUT2D eigenvalue weighted by Crippen LogP contribution is -2.37. The van der Waals surface area contributed by atoms with Crippen molar-refractivity contribution in [1.29, 1.82) is 0 Å². The number of likely N-dealkylation sites (tertiary alicyclic amines) is 1. The minimum absolute atomic E-state index is 0.602. The molecule has 1 saturated heterocycles. The van der Waals surface area contributed by atoms with Gasteiger partial charge in [0.25, 0.3) is 0 Å². The largest absolute Gasteiger partial charge is 0.306 e. The summed E-state index contributed by atoms with van der Waals surface area (Å²) in [6, 6.07) is 0. The van der Waals surface area contributed by atoms with Gasteiger partial charge < -0.3 is 4.90 Å². The Morgan fingerprint density at radius 2 is 1.93 bits per heavy atom. The molecule has 1 aliphatic heterocycles. The molecule has 1 heterocycles.